The first-order valence-corrected chi connectivity index (χ1v) is 12.1. The fraction of sp³-hybridized carbons (Fsp3) is 0.214. The molecule has 0 aromatic heterocycles. The van der Waals surface area contributed by atoms with Gasteiger partial charge < -0.3 is 24.2 Å². The summed E-state index contributed by atoms with van der Waals surface area (Å²) in [4.78, 5) is 28.2. The van der Waals surface area contributed by atoms with E-state index < -0.39 is 23.5 Å². The molecular formula is C28H25Cl2NO6. The van der Waals surface area contributed by atoms with E-state index in [1.165, 1.54) is 25.2 Å². The normalized spacial score (nSPS) is 16.7. The van der Waals surface area contributed by atoms with Gasteiger partial charge in [-0.1, -0.05) is 65.2 Å². The van der Waals surface area contributed by atoms with E-state index in [4.69, 9.17) is 37.4 Å². The number of ketones is 1. The maximum atomic E-state index is 13.4. The summed E-state index contributed by atoms with van der Waals surface area (Å²) in [7, 11) is 4.31. The third-order valence-electron chi connectivity index (χ3n) is 6.18. The number of hydrogen-bond donors (Lipinski definition) is 1. The van der Waals surface area contributed by atoms with Crippen LogP contribution >= 0.6 is 23.2 Å². The van der Waals surface area contributed by atoms with Crippen molar-refractivity contribution in [1.82, 2.24) is 4.90 Å². The number of hydrogen-bond acceptors (Lipinski definition) is 6. The lowest BCUT2D eigenvalue weighted by atomic mass is 9.94. The fourth-order valence-electron chi connectivity index (χ4n) is 4.49. The topological polar surface area (TPSA) is 85.3 Å². The van der Waals surface area contributed by atoms with E-state index in [2.05, 4.69) is 0 Å². The van der Waals surface area contributed by atoms with Gasteiger partial charge in [-0.2, -0.15) is 0 Å². The van der Waals surface area contributed by atoms with Gasteiger partial charge in [0.2, 0.25) is 0 Å². The van der Waals surface area contributed by atoms with E-state index in [0.717, 1.165) is 11.1 Å². The number of likely N-dealkylation sites (tertiary alicyclic amines) is 1. The second kappa shape index (κ2) is 10.7. The summed E-state index contributed by atoms with van der Waals surface area (Å²) in [6, 6.07) is 15.1. The summed E-state index contributed by atoms with van der Waals surface area (Å²) >= 11 is 12.8. The summed E-state index contributed by atoms with van der Waals surface area (Å²) < 4.78 is 16.0. The van der Waals surface area contributed by atoms with E-state index >= 15 is 0 Å². The number of Topliss-reactive ketones (excluding diaryl/α,β-unsaturated/α-hetero) is 1. The predicted octanol–water partition coefficient (Wildman–Crippen LogP) is 5.95. The molecule has 3 aromatic rings. The SMILES string of the molecule is COc1cccc(CN2C(=O)C(=O)/C(=C(/O)c3cc(Cl)c(OC)c(Cl)c3OC)C2c2cccc(C)c2)c1. The number of methoxy groups -OCH3 is 3. The second-order valence-corrected chi connectivity index (χ2v) is 9.26. The molecule has 1 amide bonds. The monoisotopic (exact) mass is 541 g/mol. The van der Waals surface area contributed by atoms with Gasteiger partial charge in [0.15, 0.2) is 11.5 Å². The minimum Gasteiger partial charge on any atom is -0.507 e. The Morgan fingerprint density at radius 1 is 0.946 bits per heavy atom. The molecule has 0 spiro atoms. The first-order valence-electron chi connectivity index (χ1n) is 11.3. The molecule has 0 saturated carbocycles. The number of benzene rings is 3. The van der Waals surface area contributed by atoms with Crippen LogP contribution < -0.4 is 14.2 Å². The van der Waals surface area contributed by atoms with Crippen LogP contribution in [0.3, 0.4) is 0 Å². The van der Waals surface area contributed by atoms with E-state index in [1.807, 2.05) is 31.2 Å². The van der Waals surface area contributed by atoms with Crippen LogP contribution in [-0.4, -0.2) is 43.0 Å². The Hall–Kier alpha value is -3.68. The average molecular weight is 542 g/mol. The van der Waals surface area contributed by atoms with Gasteiger partial charge in [-0.25, -0.2) is 0 Å². The number of carbonyl (C=O) groups is 2. The summed E-state index contributed by atoms with van der Waals surface area (Å²) in [6.07, 6.45) is 0. The van der Waals surface area contributed by atoms with Gasteiger partial charge in [-0.05, 0) is 36.2 Å². The van der Waals surface area contributed by atoms with Crippen molar-refractivity contribution in [2.75, 3.05) is 21.3 Å². The first-order chi connectivity index (χ1) is 17.7. The van der Waals surface area contributed by atoms with Crippen molar-refractivity contribution >= 4 is 40.7 Å². The highest BCUT2D eigenvalue weighted by Crippen LogP contribution is 2.47. The van der Waals surface area contributed by atoms with E-state index in [-0.39, 0.29) is 39.2 Å². The van der Waals surface area contributed by atoms with E-state index in [1.54, 1.807) is 31.4 Å². The molecule has 1 atom stereocenters. The van der Waals surface area contributed by atoms with Gasteiger partial charge in [0.05, 0.1) is 43.5 Å². The molecule has 1 N–H and O–H groups in total. The number of aliphatic hydroxyl groups excluding tert-OH is 1. The van der Waals surface area contributed by atoms with Gasteiger partial charge in [0.25, 0.3) is 11.7 Å². The summed E-state index contributed by atoms with van der Waals surface area (Å²) in [6.45, 7) is 2.02. The lowest BCUT2D eigenvalue weighted by molar-refractivity contribution is -0.140. The highest BCUT2D eigenvalue weighted by atomic mass is 35.5. The highest BCUT2D eigenvalue weighted by Gasteiger charge is 2.46. The number of rotatable bonds is 7. The molecule has 37 heavy (non-hydrogen) atoms. The van der Waals surface area contributed by atoms with Crippen molar-refractivity contribution in [3.8, 4) is 17.2 Å². The molecule has 1 saturated heterocycles. The second-order valence-electron chi connectivity index (χ2n) is 8.48. The molecule has 1 aliphatic rings. The maximum Gasteiger partial charge on any atom is 0.295 e. The Morgan fingerprint density at radius 3 is 2.30 bits per heavy atom. The van der Waals surface area contributed by atoms with Crippen LogP contribution in [0.25, 0.3) is 5.76 Å². The standard InChI is InChI=1S/C28H25Cl2NO6/c1-15-7-5-9-17(11-15)23-21(24(32)19-13-20(29)27(37-4)22(30)26(19)36-3)25(33)28(34)31(23)14-16-8-6-10-18(12-16)35-2/h5-13,23,32H,14H2,1-4H3/b24-21+. The summed E-state index contributed by atoms with van der Waals surface area (Å²) in [5.41, 5.74) is 2.31. The third kappa shape index (κ3) is 4.84. The first kappa shape index (κ1) is 26.4. The quantitative estimate of drug-likeness (QED) is 0.226. The highest BCUT2D eigenvalue weighted by molar-refractivity contribution is 6.47. The lowest BCUT2D eigenvalue weighted by Gasteiger charge is -2.26. The number of nitrogens with zero attached hydrogens (tertiary/aromatic N) is 1. The molecular weight excluding hydrogens is 517 g/mol. The Morgan fingerprint density at radius 2 is 1.65 bits per heavy atom. The van der Waals surface area contributed by atoms with Gasteiger partial charge in [-0.3, -0.25) is 9.59 Å². The molecule has 3 aromatic carbocycles. The number of carbonyl (C=O) groups excluding carboxylic acids is 2. The van der Waals surface area contributed by atoms with Gasteiger partial charge in [-0.15, -0.1) is 0 Å². The molecule has 0 aliphatic carbocycles. The van der Waals surface area contributed by atoms with Crippen molar-refractivity contribution in [3.05, 3.63) is 92.5 Å². The molecule has 192 valence electrons. The number of halogens is 2. The van der Waals surface area contributed by atoms with Crippen LogP contribution in [0.1, 0.15) is 28.3 Å². The largest absolute Gasteiger partial charge is 0.507 e. The summed E-state index contributed by atoms with van der Waals surface area (Å²) in [5, 5.41) is 11.7. The van der Waals surface area contributed by atoms with Crippen LogP contribution in [-0.2, 0) is 16.1 Å². The van der Waals surface area contributed by atoms with Crippen LogP contribution in [0.15, 0.2) is 60.2 Å². The zero-order valence-electron chi connectivity index (χ0n) is 20.7. The van der Waals surface area contributed by atoms with Crippen molar-refractivity contribution in [2.24, 2.45) is 0 Å². The zero-order chi connectivity index (χ0) is 26.9. The Balaban J connectivity index is 1.94. The maximum absolute atomic E-state index is 13.4. The Kier molecular flexibility index (Phi) is 7.66. The van der Waals surface area contributed by atoms with Crippen molar-refractivity contribution in [1.29, 1.82) is 0 Å². The van der Waals surface area contributed by atoms with Gasteiger partial charge in [0.1, 0.15) is 16.5 Å². The van der Waals surface area contributed by atoms with Gasteiger partial charge in [0, 0.05) is 6.54 Å². The summed E-state index contributed by atoms with van der Waals surface area (Å²) in [5.74, 6) is -1.21. The van der Waals surface area contributed by atoms with Gasteiger partial charge >= 0.3 is 0 Å². The molecule has 4 rings (SSSR count). The van der Waals surface area contributed by atoms with Crippen LogP contribution in [0, 0.1) is 6.92 Å². The third-order valence-corrected chi connectivity index (χ3v) is 6.80. The number of ether oxygens (including phenoxy) is 3. The molecule has 0 radical (unpaired) electrons. The minimum atomic E-state index is -0.879. The molecule has 0 bridgehead atoms. The molecule has 1 heterocycles. The number of aliphatic hydroxyl groups is 1. The van der Waals surface area contributed by atoms with Crippen LogP contribution in [0.5, 0.6) is 17.2 Å². The molecule has 9 heteroatoms. The molecule has 1 fully saturated rings. The molecule has 7 nitrogen and oxygen atoms in total. The molecule has 1 unspecified atom stereocenters. The van der Waals surface area contributed by atoms with Crippen LogP contribution in [0.2, 0.25) is 10.0 Å². The van der Waals surface area contributed by atoms with Crippen molar-refractivity contribution < 1.29 is 28.9 Å². The average Bonchev–Trinajstić information content (AvgIpc) is 3.13. The molecule has 1 aliphatic heterocycles. The van der Waals surface area contributed by atoms with Crippen molar-refractivity contribution in [3.63, 3.8) is 0 Å². The smallest absolute Gasteiger partial charge is 0.295 e. The van der Waals surface area contributed by atoms with E-state index in [0.29, 0.717) is 11.3 Å². The fourth-order valence-corrected chi connectivity index (χ4v) is 5.18. The van der Waals surface area contributed by atoms with E-state index in [9.17, 15) is 14.7 Å². The Bertz CT molecular complexity index is 1420. The minimum absolute atomic E-state index is 0.0248. The van der Waals surface area contributed by atoms with Crippen LogP contribution in [0.4, 0.5) is 0 Å². The predicted molar refractivity (Wildman–Crippen MR) is 142 cm³/mol. The Labute approximate surface area is 224 Å². The lowest BCUT2D eigenvalue weighted by Crippen LogP contribution is -2.29. The number of aryl methyl sites for hydroxylation is 1. The number of amides is 1. The van der Waals surface area contributed by atoms with Crippen molar-refractivity contribution in [2.45, 2.75) is 19.5 Å². The zero-order valence-corrected chi connectivity index (χ0v) is 22.2.